The van der Waals surface area contributed by atoms with Gasteiger partial charge in [0.1, 0.15) is 0 Å². The molecule has 1 amide bonds. The summed E-state index contributed by atoms with van der Waals surface area (Å²) in [7, 11) is 1.90. The standard InChI is InChI=1S/C13H18N2O2/c1-3-17-13(16)15-8-4-5-10-9-11(14-2)6-7-12(10)15/h6-7,9,14H,3-5,8H2,1-2H3. The normalized spacial score (nSPS) is 14.1. The van der Waals surface area contributed by atoms with Crippen LogP contribution in [-0.4, -0.2) is 26.3 Å². The summed E-state index contributed by atoms with van der Waals surface area (Å²) in [5.41, 5.74) is 3.26. The van der Waals surface area contributed by atoms with Crippen LogP contribution in [-0.2, 0) is 11.2 Å². The van der Waals surface area contributed by atoms with Crippen LogP contribution >= 0.6 is 0 Å². The molecule has 1 aromatic rings. The Hall–Kier alpha value is -1.71. The van der Waals surface area contributed by atoms with E-state index < -0.39 is 0 Å². The van der Waals surface area contributed by atoms with Crippen LogP contribution in [0.5, 0.6) is 0 Å². The molecule has 1 aromatic carbocycles. The molecular formula is C13H18N2O2. The van der Waals surface area contributed by atoms with E-state index in [0.717, 1.165) is 30.8 Å². The largest absolute Gasteiger partial charge is 0.449 e. The van der Waals surface area contributed by atoms with Crippen LogP contribution in [0.15, 0.2) is 18.2 Å². The zero-order valence-corrected chi connectivity index (χ0v) is 10.3. The fourth-order valence-corrected chi connectivity index (χ4v) is 2.14. The molecule has 0 saturated heterocycles. The van der Waals surface area contributed by atoms with E-state index in [-0.39, 0.29) is 6.09 Å². The summed E-state index contributed by atoms with van der Waals surface area (Å²) in [6.45, 7) is 2.98. The maximum atomic E-state index is 11.8. The van der Waals surface area contributed by atoms with Gasteiger partial charge >= 0.3 is 6.09 Å². The minimum atomic E-state index is -0.245. The van der Waals surface area contributed by atoms with Gasteiger partial charge in [-0.05, 0) is 43.5 Å². The third-order valence-corrected chi connectivity index (χ3v) is 2.98. The highest BCUT2D eigenvalue weighted by Gasteiger charge is 2.23. The van der Waals surface area contributed by atoms with Gasteiger partial charge in [-0.1, -0.05) is 0 Å². The van der Waals surface area contributed by atoms with Gasteiger partial charge in [-0.25, -0.2) is 4.79 Å². The summed E-state index contributed by atoms with van der Waals surface area (Å²) < 4.78 is 5.07. The molecule has 0 atom stereocenters. The van der Waals surface area contributed by atoms with E-state index in [1.807, 2.05) is 26.1 Å². The number of ether oxygens (including phenoxy) is 1. The zero-order chi connectivity index (χ0) is 12.3. The van der Waals surface area contributed by atoms with Crippen molar-refractivity contribution in [2.45, 2.75) is 19.8 Å². The molecule has 0 aliphatic carbocycles. The number of hydrogen-bond acceptors (Lipinski definition) is 3. The smallest absolute Gasteiger partial charge is 0.414 e. The second kappa shape index (κ2) is 5.08. The minimum Gasteiger partial charge on any atom is -0.449 e. The number of nitrogens with one attached hydrogen (secondary N) is 1. The van der Waals surface area contributed by atoms with Crippen molar-refractivity contribution in [2.24, 2.45) is 0 Å². The topological polar surface area (TPSA) is 41.6 Å². The van der Waals surface area contributed by atoms with E-state index in [2.05, 4.69) is 11.4 Å². The second-order valence-electron chi connectivity index (χ2n) is 4.05. The lowest BCUT2D eigenvalue weighted by Gasteiger charge is -2.28. The van der Waals surface area contributed by atoms with Crippen molar-refractivity contribution >= 4 is 17.5 Å². The third kappa shape index (κ3) is 2.35. The predicted molar refractivity (Wildman–Crippen MR) is 68.7 cm³/mol. The van der Waals surface area contributed by atoms with E-state index >= 15 is 0 Å². The Morgan fingerprint density at radius 3 is 3.06 bits per heavy atom. The first-order valence-electron chi connectivity index (χ1n) is 6.01. The lowest BCUT2D eigenvalue weighted by molar-refractivity contribution is 0.159. The van der Waals surface area contributed by atoms with Gasteiger partial charge < -0.3 is 10.1 Å². The Balaban J connectivity index is 2.28. The van der Waals surface area contributed by atoms with Crippen molar-refractivity contribution in [3.05, 3.63) is 23.8 Å². The lowest BCUT2D eigenvalue weighted by atomic mass is 10.0. The molecule has 4 heteroatoms. The number of carbonyl (C=O) groups excluding carboxylic acids is 1. The molecule has 1 heterocycles. The van der Waals surface area contributed by atoms with Crippen molar-refractivity contribution < 1.29 is 9.53 Å². The number of carbonyl (C=O) groups is 1. The Kier molecular flexibility index (Phi) is 3.52. The lowest BCUT2D eigenvalue weighted by Crippen LogP contribution is -2.35. The maximum Gasteiger partial charge on any atom is 0.414 e. The van der Waals surface area contributed by atoms with Crippen LogP contribution in [0.2, 0.25) is 0 Å². The Morgan fingerprint density at radius 2 is 2.35 bits per heavy atom. The summed E-state index contributed by atoms with van der Waals surface area (Å²) in [6.07, 6.45) is 1.75. The number of nitrogens with zero attached hydrogens (tertiary/aromatic N) is 1. The molecule has 4 nitrogen and oxygen atoms in total. The summed E-state index contributed by atoms with van der Waals surface area (Å²) in [5, 5.41) is 3.11. The molecule has 0 bridgehead atoms. The summed E-state index contributed by atoms with van der Waals surface area (Å²) in [6, 6.07) is 6.06. The molecule has 0 fully saturated rings. The van der Waals surface area contributed by atoms with Gasteiger partial charge in [0.05, 0.1) is 12.3 Å². The van der Waals surface area contributed by atoms with Gasteiger partial charge in [-0.3, -0.25) is 4.90 Å². The monoisotopic (exact) mass is 234 g/mol. The molecule has 0 unspecified atom stereocenters. The van der Waals surface area contributed by atoms with Gasteiger partial charge in [0.2, 0.25) is 0 Å². The molecule has 1 N–H and O–H groups in total. The fourth-order valence-electron chi connectivity index (χ4n) is 2.14. The SMILES string of the molecule is CCOC(=O)N1CCCc2cc(NC)ccc21. The van der Waals surface area contributed by atoms with Gasteiger partial charge in [0.25, 0.3) is 0 Å². The summed E-state index contributed by atoms with van der Waals surface area (Å²) in [5.74, 6) is 0. The number of benzene rings is 1. The molecule has 2 rings (SSSR count). The Labute approximate surface area is 102 Å². The van der Waals surface area contributed by atoms with Crippen molar-refractivity contribution in [3.8, 4) is 0 Å². The molecule has 0 radical (unpaired) electrons. The van der Waals surface area contributed by atoms with Gasteiger partial charge in [-0.15, -0.1) is 0 Å². The summed E-state index contributed by atoms with van der Waals surface area (Å²) >= 11 is 0. The highest BCUT2D eigenvalue weighted by atomic mass is 16.6. The van der Waals surface area contributed by atoms with Gasteiger partial charge in [0.15, 0.2) is 0 Å². The first-order valence-corrected chi connectivity index (χ1v) is 6.01. The molecule has 1 aliphatic rings. The third-order valence-electron chi connectivity index (χ3n) is 2.98. The zero-order valence-electron chi connectivity index (χ0n) is 10.3. The average molecular weight is 234 g/mol. The van der Waals surface area contributed by atoms with Crippen molar-refractivity contribution in [1.29, 1.82) is 0 Å². The van der Waals surface area contributed by atoms with E-state index in [0.29, 0.717) is 6.61 Å². The van der Waals surface area contributed by atoms with Crippen LogP contribution in [0.3, 0.4) is 0 Å². The average Bonchev–Trinajstić information content (AvgIpc) is 2.37. The van der Waals surface area contributed by atoms with E-state index in [1.54, 1.807) is 4.90 Å². The van der Waals surface area contributed by atoms with Crippen LogP contribution in [0.4, 0.5) is 16.2 Å². The van der Waals surface area contributed by atoms with E-state index in [9.17, 15) is 4.79 Å². The summed E-state index contributed by atoms with van der Waals surface area (Å²) in [4.78, 5) is 13.5. The molecule has 0 spiro atoms. The molecule has 0 saturated carbocycles. The number of rotatable bonds is 2. The first-order chi connectivity index (χ1) is 8.26. The van der Waals surface area contributed by atoms with Crippen LogP contribution in [0, 0.1) is 0 Å². The molecule has 92 valence electrons. The maximum absolute atomic E-state index is 11.8. The fraction of sp³-hybridized carbons (Fsp3) is 0.462. The van der Waals surface area contributed by atoms with Crippen LogP contribution < -0.4 is 10.2 Å². The molecular weight excluding hydrogens is 216 g/mol. The number of hydrogen-bond donors (Lipinski definition) is 1. The van der Waals surface area contributed by atoms with Crippen LogP contribution in [0.1, 0.15) is 18.9 Å². The quantitative estimate of drug-likeness (QED) is 0.855. The van der Waals surface area contributed by atoms with Crippen molar-refractivity contribution in [2.75, 3.05) is 30.4 Å². The minimum absolute atomic E-state index is 0.245. The van der Waals surface area contributed by atoms with Crippen molar-refractivity contribution in [1.82, 2.24) is 0 Å². The molecule has 0 aromatic heterocycles. The number of amides is 1. The number of fused-ring (bicyclic) bond motifs is 1. The van der Waals surface area contributed by atoms with Crippen molar-refractivity contribution in [3.63, 3.8) is 0 Å². The van der Waals surface area contributed by atoms with E-state index in [4.69, 9.17) is 4.74 Å². The predicted octanol–water partition coefficient (Wildman–Crippen LogP) is 2.64. The molecule has 1 aliphatic heterocycles. The van der Waals surface area contributed by atoms with E-state index in [1.165, 1.54) is 5.56 Å². The Morgan fingerprint density at radius 1 is 1.53 bits per heavy atom. The number of aryl methyl sites for hydroxylation is 1. The molecule has 17 heavy (non-hydrogen) atoms. The Bertz CT molecular complexity index is 418. The van der Waals surface area contributed by atoms with Crippen LogP contribution in [0.25, 0.3) is 0 Å². The number of anilines is 2. The highest BCUT2D eigenvalue weighted by Crippen LogP contribution is 2.29. The first kappa shape index (κ1) is 11.8. The second-order valence-corrected chi connectivity index (χ2v) is 4.05. The van der Waals surface area contributed by atoms with Gasteiger partial charge in [-0.2, -0.15) is 0 Å². The van der Waals surface area contributed by atoms with Gasteiger partial charge in [0, 0.05) is 19.3 Å². The highest BCUT2D eigenvalue weighted by molar-refractivity contribution is 5.89.